The Morgan fingerprint density at radius 1 is 0.667 bits per heavy atom. The largest absolute Gasteiger partial charge is 0.342 e. The van der Waals surface area contributed by atoms with Crippen molar-refractivity contribution < 1.29 is 0 Å². The molecule has 0 saturated heterocycles. The molecule has 0 bridgehead atoms. The molecule has 98 valence electrons. The Hall–Kier alpha value is -1.24. The molecule has 0 radical (unpaired) electrons. The maximum Gasteiger partial charge on any atom is 0.0522 e. The van der Waals surface area contributed by atoms with Crippen LogP contribution in [0.4, 0.5) is 0 Å². The zero-order valence-electron chi connectivity index (χ0n) is 13.0. The van der Waals surface area contributed by atoms with E-state index in [-0.39, 0.29) is 0 Å². The van der Waals surface area contributed by atoms with Gasteiger partial charge in [0.1, 0.15) is 0 Å². The highest BCUT2D eigenvalue weighted by atomic mass is 15.0. The summed E-state index contributed by atoms with van der Waals surface area (Å²) >= 11 is 0. The summed E-state index contributed by atoms with van der Waals surface area (Å²) in [6.07, 6.45) is 0. The smallest absolute Gasteiger partial charge is 0.0522 e. The SMILES string of the molecule is Cc1c(C)c(C)c2c(c1C)c(C)c(C)n2C(C)C. The van der Waals surface area contributed by atoms with Gasteiger partial charge in [-0.15, -0.1) is 0 Å². The molecular formula is C17H25N. The molecule has 1 heterocycles. The van der Waals surface area contributed by atoms with Crippen molar-refractivity contribution in [1.82, 2.24) is 4.57 Å². The van der Waals surface area contributed by atoms with Gasteiger partial charge in [0.25, 0.3) is 0 Å². The number of rotatable bonds is 1. The average molecular weight is 243 g/mol. The Labute approximate surface area is 111 Å². The second kappa shape index (κ2) is 4.15. The predicted molar refractivity (Wildman–Crippen MR) is 80.7 cm³/mol. The summed E-state index contributed by atoms with van der Waals surface area (Å²) in [7, 11) is 0. The van der Waals surface area contributed by atoms with Crippen molar-refractivity contribution in [3.05, 3.63) is 33.5 Å². The van der Waals surface area contributed by atoms with Gasteiger partial charge in [0.05, 0.1) is 5.52 Å². The number of nitrogens with zero attached hydrogens (tertiary/aromatic N) is 1. The van der Waals surface area contributed by atoms with Gasteiger partial charge < -0.3 is 4.57 Å². The summed E-state index contributed by atoms with van der Waals surface area (Å²) in [5, 5.41) is 1.47. The van der Waals surface area contributed by atoms with Crippen molar-refractivity contribution >= 4 is 10.9 Å². The third kappa shape index (κ3) is 1.53. The van der Waals surface area contributed by atoms with Crippen LogP contribution in [0.15, 0.2) is 0 Å². The van der Waals surface area contributed by atoms with Crippen molar-refractivity contribution in [2.45, 2.75) is 61.4 Å². The molecule has 0 saturated carbocycles. The van der Waals surface area contributed by atoms with Crippen molar-refractivity contribution in [2.24, 2.45) is 0 Å². The molecule has 0 unspecified atom stereocenters. The third-order valence-electron chi connectivity index (χ3n) is 4.69. The van der Waals surface area contributed by atoms with Crippen LogP contribution in [-0.4, -0.2) is 4.57 Å². The molecule has 0 aliphatic carbocycles. The molecule has 2 aromatic rings. The van der Waals surface area contributed by atoms with Crippen LogP contribution in [0, 0.1) is 41.5 Å². The molecule has 0 N–H and O–H groups in total. The van der Waals surface area contributed by atoms with E-state index in [0.717, 1.165) is 0 Å². The molecule has 0 aliphatic heterocycles. The number of aromatic nitrogens is 1. The fourth-order valence-corrected chi connectivity index (χ4v) is 3.23. The highest BCUT2D eigenvalue weighted by molar-refractivity contribution is 5.93. The lowest BCUT2D eigenvalue weighted by Crippen LogP contribution is -2.05. The quantitative estimate of drug-likeness (QED) is 0.658. The first-order valence-corrected chi connectivity index (χ1v) is 6.86. The monoisotopic (exact) mass is 243 g/mol. The molecule has 1 aromatic carbocycles. The Bertz CT molecular complexity index is 627. The van der Waals surface area contributed by atoms with Gasteiger partial charge in [-0.25, -0.2) is 0 Å². The number of hydrogen-bond donors (Lipinski definition) is 0. The van der Waals surface area contributed by atoms with E-state index in [1.54, 1.807) is 0 Å². The molecule has 1 aromatic heterocycles. The van der Waals surface area contributed by atoms with Gasteiger partial charge in [0.15, 0.2) is 0 Å². The van der Waals surface area contributed by atoms with Gasteiger partial charge in [-0.2, -0.15) is 0 Å². The summed E-state index contributed by atoms with van der Waals surface area (Å²) in [5.41, 5.74) is 10.1. The first-order chi connectivity index (χ1) is 8.29. The Morgan fingerprint density at radius 3 is 1.67 bits per heavy atom. The molecule has 1 nitrogen and oxygen atoms in total. The van der Waals surface area contributed by atoms with Gasteiger partial charge in [-0.05, 0) is 83.2 Å². The zero-order valence-corrected chi connectivity index (χ0v) is 13.0. The summed E-state index contributed by atoms with van der Waals surface area (Å²) in [6, 6.07) is 0.515. The average Bonchev–Trinajstić information content (AvgIpc) is 2.57. The fourth-order valence-electron chi connectivity index (χ4n) is 3.23. The number of aryl methyl sites for hydroxylation is 3. The Morgan fingerprint density at radius 2 is 1.17 bits per heavy atom. The van der Waals surface area contributed by atoms with Crippen LogP contribution in [-0.2, 0) is 0 Å². The lowest BCUT2D eigenvalue weighted by atomic mass is 9.94. The minimum absolute atomic E-state index is 0.515. The summed E-state index contributed by atoms with van der Waals surface area (Å²) in [6.45, 7) is 18.1. The molecule has 2 rings (SSSR count). The molecule has 1 heteroatoms. The van der Waals surface area contributed by atoms with E-state index < -0.39 is 0 Å². The normalized spacial score (nSPS) is 11.8. The van der Waals surface area contributed by atoms with E-state index in [9.17, 15) is 0 Å². The van der Waals surface area contributed by atoms with E-state index in [2.05, 4.69) is 60.0 Å². The third-order valence-corrected chi connectivity index (χ3v) is 4.69. The highest BCUT2D eigenvalue weighted by Gasteiger charge is 2.19. The first-order valence-electron chi connectivity index (χ1n) is 6.86. The van der Waals surface area contributed by atoms with Gasteiger partial charge >= 0.3 is 0 Å². The standard InChI is InChI=1S/C17H25N/c1-9(2)18-15(8)14(7)16-12(5)10(3)11(4)13(6)17(16)18/h9H,1-8H3. The van der Waals surface area contributed by atoms with Crippen LogP contribution in [0.25, 0.3) is 10.9 Å². The van der Waals surface area contributed by atoms with E-state index in [0.29, 0.717) is 6.04 Å². The second-order valence-corrected chi connectivity index (χ2v) is 5.90. The lowest BCUT2D eigenvalue weighted by molar-refractivity contribution is 0.605. The first kappa shape index (κ1) is 13.2. The Balaban J connectivity index is 3.11. The molecule has 18 heavy (non-hydrogen) atoms. The van der Waals surface area contributed by atoms with Crippen LogP contribution < -0.4 is 0 Å². The number of fused-ring (bicyclic) bond motifs is 1. The van der Waals surface area contributed by atoms with E-state index in [1.165, 1.54) is 44.4 Å². The van der Waals surface area contributed by atoms with Crippen LogP contribution in [0.1, 0.15) is 53.4 Å². The molecule has 0 spiro atoms. The van der Waals surface area contributed by atoms with Gasteiger partial charge in [-0.1, -0.05) is 0 Å². The molecule has 0 fully saturated rings. The van der Waals surface area contributed by atoms with Crippen LogP contribution in [0.3, 0.4) is 0 Å². The predicted octanol–water partition coefficient (Wildman–Crippen LogP) is 5.07. The second-order valence-electron chi connectivity index (χ2n) is 5.90. The van der Waals surface area contributed by atoms with Gasteiger partial charge in [0, 0.05) is 17.1 Å². The van der Waals surface area contributed by atoms with E-state index >= 15 is 0 Å². The maximum absolute atomic E-state index is 2.50. The van der Waals surface area contributed by atoms with Crippen molar-refractivity contribution in [3.8, 4) is 0 Å². The summed E-state index contributed by atoms with van der Waals surface area (Å²) in [4.78, 5) is 0. The number of benzene rings is 1. The fraction of sp³-hybridized carbons (Fsp3) is 0.529. The maximum atomic E-state index is 2.50. The summed E-state index contributed by atoms with van der Waals surface area (Å²) < 4.78 is 2.50. The number of hydrogen-bond acceptors (Lipinski definition) is 0. The molecule has 0 aliphatic rings. The summed E-state index contributed by atoms with van der Waals surface area (Å²) in [5.74, 6) is 0. The highest BCUT2D eigenvalue weighted by Crippen LogP contribution is 2.36. The molecule has 0 amide bonds. The van der Waals surface area contributed by atoms with Gasteiger partial charge in [0.2, 0.25) is 0 Å². The van der Waals surface area contributed by atoms with Crippen molar-refractivity contribution in [3.63, 3.8) is 0 Å². The van der Waals surface area contributed by atoms with Crippen molar-refractivity contribution in [1.29, 1.82) is 0 Å². The topological polar surface area (TPSA) is 4.93 Å². The van der Waals surface area contributed by atoms with Crippen LogP contribution >= 0.6 is 0 Å². The molecule has 0 atom stereocenters. The Kier molecular flexibility index (Phi) is 3.04. The van der Waals surface area contributed by atoms with E-state index in [4.69, 9.17) is 0 Å². The lowest BCUT2D eigenvalue weighted by Gasteiger charge is -2.17. The van der Waals surface area contributed by atoms with Crippen LogP contribution in [0.5, 0.6) is 0 Å². The minimum atomic E-state index is 0.515. The molecular weight excluding hydrogens is 218 g/mol. The minimum Gasteiger partial charge on any atom is -0.342 e. The van der Waals surface area contributed by atoms with E-state index in [1.807, 2.05) is 0 Å². The van der Waals surface area contributed by atoms with Crippen LogP contribution in [0.2, 0.25) is 0 Å². The van der Waals surface area contributed by atoms with Crippen molar-refractivity contribution in [2.75, 3.05) is 0 Å². The van der Waals surface area contributed by atoms with Gasteiger partial charge in [-0.3, -0.25) is 0 Å². The zero-order chi connectivity index (χ0) is 13.8.